The number of amides is 1. The lowest BCUT2D eigenvalue weighted by molar-refractivity contribution is 0.0925. The summed E-state index contributed by atoms with van der Waals surface area (Å²) < 4.78 is 0. The van der Waals surface area contributed by atoms with E-state index < -0.39 is 0 Å². The van der Waals surface area contributed by atoms with Crippen LogP contribution in [0.4, 0.5) is 0 Å². The lowest BCUT2D eigenvalue weighted by atomic mass is 10.1. The molecule has 0 fully saturated rings. The molecule has 1 aromatic heterocycles. The fourth-order valence-corrected chi connectivity index (χ4v) is 2.18. The molecule has 1 amide bonds. The average molecular weight is 292 g/mol. The number of H-pyrrole nitrogens is 1. The molecule has 2 N–H and O–H groups in total. The molecule has 0 saturated carbocycles. The second-order valence-electron chi connectivity index (χ2n) is 4.93. The van der Waals surface area contributed by atoms with Gasteiger partial charge in [0.25, 0.3) is 5.91 Å². The summed E-state index contributed by atoms with van der Waals surface area (Å²) in [6, 6.07) is 11.5. The number of nitrogens with one attached hydrogen (secondary N) is 2. The van der Waals surface area contributed by atoms with Gasteiger partial charge in [-0.05, 0) is 25.7 Å². The lowest BCUT2D eigenvalue weighted by Crippen LogP contribution is -2.35. The lowest BCUT2D eigenvalue weighted by Gasteiger charge is -2.22. The Balaban J connectivity index is 2.14. The molecule has 106 valence electrons. The highest BCUT2D eigenvalue weighted by atomic mass is 35.5. The number of rotatable bonds is 5. The summed E-state index contributed by atoms with van der Waals surface area (Å²) in [6.45, 7) is 0.726. The fraction of sp³-hybridized carbons (Fsp3) is 0.267. The van der Waals surface area contributed by atoms with Crippen LogP contribution in [-0.2, 0) is 0 Å². The van der Waals surface area contributed by atoms with E-state index >= 15 is 0 Å². The number of carbonyl (C=O) groups is 1. The smallest absolute Gasteiger partial charge is 0.268 e. The van der Waals surface area contributed by atoms with Crippen molar-refractivity contribution in [1.29, 1.82) is 0 Å². The SMILES string of the molecule is CN(C)CC(NC(=O)c1cc(Cl)c[nH]1)c1ccccc1. The molecule has 1 unspecified atom stereocenters. The minimum absolute atomic E-state index is 0.0687. The molecular formula is C15H18ClN3O. The third-order valence-corrected chi connectivity index (χ3v) is 3.17. The fourth-order valence-electron chi connectivity index (χ4n) is 2.02. The zero-order valence-corrected chi connectivity index (χ0v) is 12.3. The monoisotopic (exact) mass is 291 g/mol. The van der Waals surface area contributed by atoms with Gasteiger partial charge in [0.1, 0.15) is 5.69 Å². The molecule has 5 heteroatoms. The maximum absolute atomic E-state index is 12.2. The van der Waals surface area contributed by atoms with Crippen molar-refractivity contribution < 1.29 is 4.79 Å². The second kappa shape index (κ2) is 6.59. The summed E-state index contributed by atoms with van der Waals surface area (Å²) in [7, 11) is 3.96. The summed E-state index contributed by atoms with van der Waals surface area (Å²) in [5, 5.41) is 3.55. The zero-order chi connectivity index (χ0) is 14.5. The molecule has 0 bridgehead atoms. The highest BCUT2D eigenvalue weighted by Crippen LogP contribution is 2.15. The van der Waals surface area contributed by atoms with Gasteiger partial charge in [0, 0.05) is 12.7 Å². The largest absolute Gasteiger partial charge is 0.356 e. The van der Waals surface area contributed by atoms with Gasteiger partial charge in [-0.1, -0.05) is 41.9 Å². The number of hydrogen-bond donors (Lipinski definition) is 2. The van der Waals surface area contributed by atoms with E-state index in [0.717, 1.165) is 12.1 Å². The third-order valence-electron chi connectivity index (χ3n) is 2.95. The average Bonchev–Trinajstić information content (AvgIpc) is 2.85. The Hall–Kier alpha value is -1.78. The van der Waals surface area contributed by atoms with Gasteiger partial charge >= 0.3 is 0 Å². The normalized spacial score (nSPS) is 12.4. The number of likely N-dealkylation sites (N-methyl/N-ethyl adjacent to an activating group) is 1. The zero-order valence-electron chi connectivity index (χ0n) is 11.6. The van der Waals surface area contributed by atoms with E-state index in [1.165, 1.54) is 0 Å². The summed E-state index contributed by atoms with van der Waals surface area (Å²) in [5.74, 6) is -0.160. The van der Waals surface area contributed by atoms with Crippen LogP contribution < -0.4 is 5.32 Å². The van der Waals surface area contributed by atoms with Crippen molar-refractivity contribution in [3.63, 3.8) is 0 Å². The summed E-state index contributed by atoms with van der Waals surface area (Å²) in [4.78, 5) is 17.1. The van der Waals surface area contributed by atoms with E-state index in [-0.39, 0.29) is 11.9 Å². The number of hydrogen-bond acceptors (Lipinski definition) is 2. The minimum Gasteiger partial charge on any atom is -0.356 e. The molecule has 1 atom stereocenters. The van der Waals surface area contributed by atoms with E-state index in [9.17, 15) is 4.79 Å². The van der Waals surface area contributed by atoms with Crippen LogP contribution in [-0.4, -0.2) is 36.4 Å². The molecule has 0 radical (unpaired) electrons. The highest BCUT2D eigenvalue weighted by Gasteiger charge is 2.17. The quantitative estimate of drug-likeness (QED) is 0.890. The van der Waals surface area contributed by atoms with Crippen molar-refractivity contribution >= 4 is 17.5 Å². The van der Waals surface area contributed by atoms with E-state index in [1.54, 1.807) is 12.3 Å². The minimum atomic E-state index is -0.160. The molecule has 20 heavy (non-hydrogen) atoms. The molecule has 0 aliphatic rings. The second-order valence-corrected chi connectivity index (χ2v) is 5.37. The number of carbonyl (C=O) groups excluding carboxylic acids is 1. The van der Waals surface area contributed by atoms with Gasteiger partial charge in [-0.2, -0.15) is 0 Å². The molecule has 2 rings (SSSR count). The Kier molecular flexibility index (Phi) is 4.82. The maximum Gasteiger partial charge on any atom is 0.268 e. The Bertz CT molecular complexity index is 566. The van der Waals surface area contributed by atoms with Crippen LogP contribution in [0.1, 0.15) is 22.1 Å². The molecule has 1 heterocycles. The van der Waals surface area contributed by atoms with Gasteiger partial charge in [0.15, 0.2) is 0 Å². The van der Waals surface area contributed by atoms with Crippen LogP contribution in [0.5, 0.6) is 0 Å². The standard InChI is InChI=1S/C15H18ClN3O/c1-19(2)10-14(11-6-4-3-5-7-11)18-15(20)13-8-12(16)9-17-13/h3-9,14,17H,10H2,1-2H3,(H,18,20). The molecule has 1 aromatic carbocycles. The van der Waals surface area contributed by atoms with Gasteiger partial charge in [-0.3, -0.25) is 4.79 Å². The number of benzene rings is 1. The first kappa shape index (κ1) is 14.6. The predicted octanol–water partition coefficient (Wildman–Crippen LogP) is 2.70. The topological polar surface area (TPSA) is 48.1 Å². The Labute approximate surface area is 123 Å². The van der Waals surface area contributed by atoms with Crippen LogP contribution in [0.2, 0.25) is 5.02 Å². The number of aromatic amines is 1. The molecule has 4 nitrogen and oxygen atoms in total. The Morgan fingerprint density at radius 3 is 2.60 bits per heavy atom. The Morgan fingerprint density at radius 2 is 2.05 bits per heavy atom. The van der Waals surface area contributed by atoms with E-state index in [0.29, 0.717) is 10.7 Å². The number of aromatic nitrogens is 1. The van der Waals surface area contributed by atoms with Crippen LogP contribution in [0.3, 0.4) is 0 Å². The Morgan fingerprint density at radius 1 is 1.35 bits per heavy atom. The van der Waals surface area contributed by atoms with Crippen molar-refractivity contribution in [2.24, 2.45) is 0 Å². The van der Waals surface area contributed by atoms with E-state index in [4.69, 9.17) is 11.6 Å². The molecule has 0 aliphatic carbocycles. The summed E-state index contributed by atoms with van der Waals surface area (Å²) in [5.41, 5.74) is 1.54. The van der Waals surface area contributed by atoms with Crippen molar-refractivity contribution in [3.8, 4) is 0 Å². The number of nitrogens with zero attached hydrogens (tertiary/aromatic N) is 1. The maximum atomic E-state index is 12.2. The van der Waals surface area contributed by atoms with Crippen molar-refractivity contribution in [3.05, 3.63) is 58.9 Å². The van der Waals surface area contributed by atoms with Crippen molar-refractivity contribution in [2.75, 3.05) is 20.6 Å². The van der Waals surface area contributed by atoms with Crippen molar-refractivity contribution in [2.45, 2.75) is 6.04 Å². The first-order chi connectivity index (χ1) is 9.56. The predicted molar refractivity (Wildman–Crippen MR) is 81.0 cm³/mol. The molecular weight excluding hydrogens is 274 g/mol. The van der Waals surface area contributed by atoms with Gasteiger partial charge in [-0.25, -0.2) is 0 Å². The highest BCUT2D eigenvalue weighted by molar-refractivity contribution is 6.30. The van der Waals surface area contributed by atoms with Crippen LogP contribution in [0.15, 0.2) is 42.6 Å². The van der Waals surface area contributed by atoms with Crippen molar-refractivity contribution in [1.82, 2.24) is 15.2 Å². The van der Waals surface area contributed by atoms with Gasteiger partial charge < -0.3 is 15.2 Å². The third kappa shape index (κ3) is 3.85. The summed E-state index contributed by atoms with van der Waals surface area (Å²) in [6.07, 6.45) is 1.60. The van der Waals surface area contributed by atoms with Gasteiger partial charge in [0.05, 0.1) is 11.1 Å². The molecule has 0 saturated heterocycles. The van der Waals surface area contributed by atoms with E-state index in [1.807, 2.05) is 49.3 Å². The van der Waals surface area contributed by atoms with Gasteiger partial charge in [0.2, 0.25) is 0 Å². The van der Waals surface area contributed by atoms with E-state index in [2.05, 4.69) is 10.3 Å². The summed E-state index contributed by atoms with van der Waals surface area (Å²) >= 11 is 5.82. The molecule has 2 aromatic rings. The van der Waals surface area contributed by atoms with Gasteiger partial charge in [-0.15, -0.1) is 0 Å². The molecule has 0 aliphatic heterocycles. The first-order valence-corrected chi connectivity index (χ1v) is 6.78. The first-order valence-electron chi connectivity index (χ1n) is 6.40. The number of halogens is 1. The molecule has 0 spiro atoms. The van der Waals surface area contributed by atoms with Crippen LogP contribution >= 0.6 is 11.6 Å². The van der Waals surface area contributed by atoms with Crippen LogP contribution in [0, 0.1) is 0 Å². The van der Waals surface area contributed by atoms with Crippen LogP contribution in [0.25, 0.3) is 0 Å².